The Kier molecular flexibility index (Phi) is 6.61. The lowest BCUT2D eigenvalue weighted by molar-refractivity contribution is -0.129. The monoisotopic (exact) mass is 471 g/mol. The fourth-order valence-electron chi connectivity index (χ4n) is 3.24. The molecule has 8 nitrogen and oxygen atoms in total. The van der Waals surface area contributed by atoms with Gasteiger partial charge in [-0.15, -0.1) is 0 Å². The Morgan fingerprint density at radius 3 is 2.53 bits per heavy atom. The molecule has 1 aromatic carbocycles. The van der Waals surface area contributed by atoms with Gasteiger partial charge in [0.05, 0.1) is 18.0 Å². The van der Waals surface area contributed by atoms with Gasteiger partial charge in [-0.05, 0) is 40.0 Å². The Morgan fingerprint density at radius 1 is 1.13 bits per heavy atom. The number of Topliss-reactive ketones (excluding diaryl/α,β-unsaturated/α-hetero) is 1. The van der Waals surface area contributed by atoms with Gasteiger partial charge in [-0.25, -0.2) is 4.98 Å². The lowest BCUT2D eigenvalue weighted by Gasteiger charge is -2.21. The van der Waals surface area contributed by atoms with Crippen LogP contribution in [0.2, 0.25) is 0 Å². The minimum Gasteiger partial charge on any atom is -0.364 e. The van der Waals surface area contributed by atoms with Crippen molar-refractivity contribution in [3.63, 3.8) is 0 Å². The predicted molar refractivity (Wildman–Crippen MR) is 116 cm³/mol. The van der Waals surface area contributed by atoms with Crippen molar-refractivity contribution in [1.29, 1.82) is 0 Å². The van der Waals surface area contributed by atoms with E-state index in [1.54, 1.807) is 36.4 Å². The topological polar surface area (TPSA) is 120 Å². The number of aromatic nitrogens is 3. The van der Waals surface area contributed by atoms with Crippen molar-refractivity contribution < 1.29 is 14.4 Å². The summed E-state index contributed by atoms with van der Waals surface area (Å²) in [5, 5.41) is 7.56. The van der Waals surface area contributed by atoms with E-state index in [1.807, 2.05) is 19.9 Å². The number of carbonyl (C=O) groups excluding carboxylic acids is 3. The van der Waals surface area contributed by atoms with Crippen LogP contribution in [-0.4, -0.2) is 38.4 Å². The van der Waals surface area contributed by atoms with Gasteiger partial charge in [0.2, 0.25) is 5.91 Å². The number of nitrogens with one attached hydrogen (secondary N) is 1. The molecule has 9 heteroatoms. The van der Waals surface area contributed by atoms with Gasteiger partial charge >= 0.3 is 0 Å². The van der Waals surface area contributed by atoms with E-state index in [-0.39, 0.29) is 36.3 Å². The molecule has 0 spiro atoms. The molecule has 2 aromatic heterocycles. The standard InChI is InChI=1S/C21H22BrN5O3/c1-12(2)19(16(28)10-13-6-5-9-17(22)24-13)25-18(29)11-27-15-8-4-3-7-14(15)20(26-27)21(23)30/h3-9,12,19H,10-11H2,1-2H3,(H2,23,30)(H,25,29)/t19-/m1/s1. The maximum atomic E-state index is 12.8. The molecule has 156 valence electrons. The normalized spacial score (nSPS) is 12.1. The molecule has 3 rings (SSSR count). The molecule has 30 heavy (non-hydrogen) atoms. The molecule has 0 aliphatic carbocycles. The van der Waals surface area contributed by atoms with Crippen molar-refractivity contribution in [2.24, 2.45) is 11.7 Å². The fraction of sp³-hybridized carbons (Fsp3) is 0.286. The summed E-state index contributed by atoms with van der Waals surface area (Å²) >= 11 is 3.29. The highest BCUT2D eigenvalue weighted by Gasteiger charge is 2.25. The highest BCUT2D eigenvalue weighted by Crippen LogP contribution is 2.18. The van der Waals surface area contributed by atoms with Crippen LogP contribution in [0.25, 0.3) is 10.9 Å². The van der Waals surface area contributed by atoms with Gasteiger partial charge in [-0.2, -0.15) is 5.10 Å². The molecular weight excluding hydrogens is 450 g/mol. The fourth-order valence-corrected chi connectivity index (χ4v) is 3.62. The van der Waals surface area contributed by atoms with Crippen LogP contribution >= 0.6 is 15.9 Å². The number of para-hydroxylation sites is 1. The molecule has 0 aliphatic heterocycles. The van der Waals surface area contributed by atoms with E-state index in [9.17, 15) is 14.4 Å². The molecular formula is C21H22BrN5O3. The van der Waals surface area contributed by atoms with Gasteiger partial charge in [0.15, 0.2) is 11.5 Å². The number of rotatable bonds is 8. The second-order valence-electron chi connectivity index (χ2n) is 7.27. The molecule has 0 aliphatic rings. The summed E-state index contributed by atoms with van der Waals surface area (Å²) in [7, 11) is 0. The van der Waals surface area contributed by atoms with Crippen LogP contribution in [0.3, 0.4) is 0 Å². The number of halogens is 1. The maximum absolute atomic E-state index is 12.8. The second kappa shape index (κ2) is 9.17. The number of hydrogen-bond donors (Lipinski definition) is 2. The zero-order valence-corrected chi connectivity index (χ0v) is 18.2. The molecule has 3 aromatic rings. The van der Waals surface area contributed by atoms with Crippen molar-refractivity contribution in [2.75, 3.05) is 0 Å². The molecule has 2 heterocycles. The Hall–Kier alpha value is -3.07. The van der Waals surface area contributed by atoms with Gasteiger partial charge in [-0.3, -0.25) is 19.1 Å². The highest BCUT2D eigenvalue weighted by molar-refractivity contribution is 9.10. The number of benzene rings is 1. The number of carbonyl (C=O) groups is 3. The SMILES string of the molecule is CC(C)[C@@H](NC(=O)Cn1nc(C(N)=O)c2ccccc21)C(=O)Cc1cccc(Br)n1. The number of nitrogens with two attached hydrogens (primary N) is 1. The highest BCUT2D eigenvalue weighted by atomic mass is 79.9. The van der Waals surface area contributed by atoms with E-state index in [0.29, 0.717) is 21.2 Å². The van der Waals surface area contributed by atoms with Crippen molar-refractivity contribution in [3.8, 4) is 0 Å². The summed E-state index contributed by atoms with van der Waals surface area (Å²) in [6, 6.07) is 11.7. The predicted octanol–water partition coefficient (Wildman–Crippen LogP) is 2.25. The molecule has 0 saturated carbocycles. The lowest BCUT2D eigenvalue weighted by atomic mass is 9.96. The average molecular weight is 472 g/mol. The van der Waals surface area contributed by atoms with Crippen LogP contribution in [0, 0.1) is 5.92 Å². The first-order valence-electron chi connectivity index (χ1n) is 9.45. The Balaban J connectivity index is 1.75. The van der Waals surface area contributed by atoms with Gasteiger partial charge < -0.3 is 11.1 Å². The number of pyridine rings is 1. The van der Waals surface area contributed by atoms with E-state index in [4.69, 9.17) is 5.73 Å². The van der Waals surface area contributed by atoms with E-state index >= 15 is 0 Å². The summed E-state index contributed by atoms with van der Waals surface area (Å²) in [5.74, 6) is -1.29. The summed E-state index contributed by atoms with van der Waals surface area (Å²) in [5.41, 5.74) is 6.75. The minimum atomic E-state index is -0.671. The smallest absolute Gasteiger partial charge is 0.269 e. The van der Waals surface area contributed by atoms with Crippen LogP contribution in [0.4, 0.5) is 0 Å². The number of primary amides is 1. The third-order valence-corrected chi connectivity index (χ3v) is 5.08. The molecule has 0 saturated heterocycles. The number of fused-ring (bicyclic) bond motifs is 1. The quantitative estimate of drug-likeness (QED) is 0.488. The number of hydrogen-bond acceptors (Lipinski definition) is 5. The van der Waals surface area contributed by atoms with Gasteiger partial charge in [0, 0.05) is 11.1 Å². The van der Waals surface area contributed by atoms with E-state index in [1.165, 1.54) is 4.68 Å². The molecule has 1 atom stereocenters. The van der Waals surface area contributed by atoms with Gasteiger partial charge in [0.1, 0.15) is 11.1 Å². The molecule has 0 radical (unpaired) electrons. The Morgan fingerprint density at radius 2 is 1.87 bits per heavy atom. The van der Waals surface area contributed by atoms with Crippen LogP contribution in [0.15, 0.2) is 47.1 Å². The van der Waals surface area contributed by atoms with Gasteiger partial charge in [-0.1, -0.05) is 38.1 Å². The van der Waals surface area contributed by atoms with E-state index in [2.05, 4.69) is 31.3 Å². The van der Waals surface area contributed by atoms with E-state index in [0.717, 1.165) is 0 Å². The average Bonchev–Trinajstić information content (AvgIpc) is 3.04. The minimum absolute atomic E-state index is 0.107. The zero-order valence-electron chi connectivity index (χ0n) is 16.6. The van der Waals surface area contributed by atoms with Crippen molar-refractivity contribution in [3.05, 3.63) is 58.5 Å². The first-order chi connectivity index (χ1) is 14.3. The van der Waals surface area contributed by atoms with Gasteiger partial charge in [0.25, 0.3) is 5.91 Å². The van der Waals surface area contributed by atoms with Crippen LogP contribution in [-0.2, 0) is 22.6 Å². The molecule has 0 bridgehead atoms. The van der Waals surface area contributed by atoms with Crippen molar-refractivity contribution in [1.82, 2.24) is 20.1 Å². The Labute approximate surface area is 182 Å². The third-order valence-electron chi connectivity index (χ3n) is 4.64. The first-order valence-corrected chi connectivity index (χ1v) is 10.2. The summed E-state index contributed by atoms with van der Waals surface area (Å²) in [6.07, 6.45) is 0.110. The van der Waals surface area contributed by atoms with Crippen molar-refractivity contribution >= 4 is 44.4 Å². The maximum Gasteiger partial charge on any atom is 0.269 e. The molecule has 0 unspecified atom stereocenters. The first kappa shape index (κ1) is 21.6. The largest absolute Gasteiger partial charge is 0.364 e. The zero-order chi connectivity index (χ0) is 21.8. The number of ketones is 1. The number of nitrogens with zero attached hydrogens (tertiary/aromatic N) is 3. The molecule has 0 fully saturated rings. The van der Waals surface area contributed by atoms with Crippen LogP contribution in [0.1, 0.15) is 30.0 Å². The second-order valence-corrected chi connectivity index (χ2v) is 8.08. The number of amides is 2. The lowest BCUT2D eigenvalue weighted by Crippen LogP contribution is -2.46. The van der Waals surface area contributed by atoms with Crippen LogP contribution in [0.5, 0.6) is 0 Å². The molecule has 3 N–H and O–H groups in total. The molecule has 2 amide bonds. The summed E-state index contributed by atoms with van der Waals surface area (Å²) in [6.45, 7) is 3.59. The van der Waals surface area contributed by atoms with E-state index < -0.39 is 11.9 Å². The summed E-state index contributed by atoms with van der Waals surface area (Å²) < 4.78 is 2.07. The third kappa shape index (κ3) is 4.91. The Bertz CT molecular complexity index is 1110. The van der Waals surface area contributed by atoms with Crippen LogP contribution < -0.4 is 11.1 Å². The van der Waals surface area contributed by atoms with Crippen molar-refractivity contribution in [2.45, 2.75) is 32.9 Å². The summed E-state index contributed by atoms with van der Waals surface area (Å²) in [4.78, 5) is 41.4.